The second-order valence-electron chi connectivity index (χ2n) is 5.54. The van der Waals surface area contributed by atoms with Crippen LogP contribution in [0.15, 0.2) is 22.7 Å². The quantitative estimate of drug-likeness (QED) is 0.716. The Morgan fingerprint density at radius 2 is 1.90 bits per heavy atom. The molecular weight excluding hydrogens is 312 g/mol. The first-order valence-corrected chi connectivity index (χ1v) is 8.60. The molecule has 2 nitrogen and oxygen atoms in total. The van der Waals surface area contributed by atoms with Gasteiger partial charge in [0.05, 0.1) is 0 Å². The summed E-state index contributed by atoms with van der Waals surface area (Å²) >= 11 is 3.73. The zero-order valence-electron chi connectivity index (χ0n) is 13.5. The highest BCUT2D eigenvalue weighted by Crippen LogP contribution is 2.28. The monoisotopic (exact) mass is 340 g/mol. The molecule has 0 fully saturated rings. The molecule has 0 saturated heterocycles. The number of nitrogens with zero attached hydrogens (tertiary/aromatic N) is 1. The maximum Gasteiger partial charge on any atom is 0.0377 e. The molecule has 1 aromatic rings. The zero-order chi connectivity index (χ0) is 15.1. The SMILES string of the molecule is CCNC(C)c1ccc(N(CC)CC(C)CC)cc1Br. The molecule has 2 unspecified atom stereocenters. The molecule has 0 amide bonds. The maximum absolute atomic E-state index is 3.73. The van der Waals surface area contributed by atoms with Crippen molar-refractivity contribution in [1.29, 1.82) is 0 Å². The van der Waals surface area contributed by atoms with Crippen molar-refractivity contribution in [3.63, 3.8) is 0 Å². The number of nitrogens with one attached hydrogen (secondary N) is 1. The van der Waals surface area contributed by atoms with Crippen LogP contribution in [0.2, 0.25) is 0 Å². The lowest BCUT2D eigenvalue weighted by molar-refractivity contribution is 0.547. The summed E-state index contributed by atoms with van der Waals surface area (Å²) in [6.07, 6.45) is 1.23. The fourth-order valence-electron chi connectivity index (χ4n) is 2.40. The van der Waals surface area contributed by atoms with Crippen molar-refractivity contribution in [2.75, 3.05) is 24.5 Å². The van der Waals surface area contributed by atoms with E-state index in [9.17, 15) is 0 Å². The summed E-state index contributed by atoms with van der Waals surface area (Å²) in [6.45, 7) is 14.3. The van der Waals surface area contributed by atoms with Gasteiger partial charge in [0.15, 0.2) is 0 Å². The van der Waals surface area contributed by atoms with Gasteiger partial charge in [-0.25, -0.2) is 0 Å². The van der Waals surface area contributed by atoms with Crippen LogP contribution in [0.4, 0.5) is 5.69 Å². The Bertz CT molecular complexity index is 406. The van der Waals surface area contributed by atoms with E-state index in [1.54, 1.807) is 0 Å². The van der Waals surface area contributed by atoms with Gasteiger partial charge in [-0.15, -0.1) is 0 Å². The summed E-state index contributed by atoms with van der Waals surface area (Å²) in [7, 11) is 0. The molecule has 0 heterocycles. The predicted octanol–water partition coefficient (Wildman–Crippen LogP) is 4.99. The van der Waals surface area contributed by atoms with Gasteiger partial charge in [0.25, 0.3) is 0 Å². The summed E-state index contributed by atoms with van der Waals surface area (Å²) in [4.78, 5) is 2.46. The molecule has 1 N–H and O–H groups in total. The lowest BCUT2D eigenvalue weighted by Gasteiger charge is -2.27. The van der Waals surface area contributed by atoms with Crippen LogP contribution < -0.4 is 10.2 Å². The van der Waals surface area contributed by atoms with E-state index in [-0.39, 0.29) is 0 Å². The zero-order valence-corrected chi connectivity index (χ0v) is 15.1. The second kappa shape index (κ2) is 8.68. The Labute approximate surface area is 133 Å². The second-order valence-corrected chi connectivity index (χ2v) is 6.39. The first-order chi connectivity index (χ1) is 9.53. The van der Waals surface area contributed by atoms with E-state index in [2.05, 4.69) is 79.0 Å². The van der Waals surface area contributed by atoms with Crippen molar-refractivity contribution in [2.24, 2.45) is 5.92 Å². The molecule has 0 saturated carbocycles. The predicted molar refractivity (Wildman–Crippen MR) is 93.6 cm³/mol. The van der Waals surface area contributed by atoms with Crippen molar-refractivity contribution in [3.8, 4) is 0 Å². The van der Waals surface area contributed by atoms with Gasteiger partial charge >= 0.3 is 0 Å². The van der Waals surface area contributed by atoms with Gasteiger partial charge in [-0.3, -0.25) is 0 Å². The molecular formula is C17H29BrN2. The molecule has 0 aliphatic heterocycles. The standard InChI is InChI=1S/C17H29BrN2/c1-6-13(4)12-20(8-3)15-9-10-16(17(18)11-15)14(5)19-7-2/h9-11,13-14,19H,6-8,12H2,1-5H3. The normalized spacial score (nSPS) is 14.1. The summed E-state index contributed by atoms with van der Waals surface area (Å²) in [5.74, 6) is 0.731. The van der Waals surface area contributed by atoms with Crippen LogP contribution >= 0.6 is 15.9 Å². The average Bonchev–Trinajstić information content (AvgIpc) is 2.44. The molecule has 114 valence electrons. The van der Waals surface area contributed by atoms with Gasteiger partial charge in [0.2, 0.25) is 0 Å². The highest BCUT2D eigenvalue weighted by atomic mass is 79.9. The van der Waals surface area contributed by atoms with E-state index in [0.717, 1.165) is 25.6 Å². The summed E-state index contributed by atoms with van der Waals surface area (Å²) < 4.78 is 1.20. The molecule has 0 bridgehead atoms. The maximum atomic E-state index is 3.73. The van der Waals surface area contributed by atoms with Crippen LogP contribution in [0.5, 0.6) is 0 Å². The van der Waals surface area contributed by atoms with Crippen LogP contribution in [0, 0.1) is 5.92 Å². The minimum atomic E-state index is 0.382. The average molecular weight is 341 g/mol. The van der Waals surface area contributed by atoms with Gasteiger partial charge in [-0.2, -0.15) is 0 Å². The van der Waals surface area contributed by atoms with Crippen molar-refractivity contribution in [3.05, 3.63) is 28.2 Å². The van der Waals surface area contributed by atoms with Gasteiger partial charge in [0, 0.05) is 29.3 Å². The highest BCUT2D eigenvalue weighted by Gasteiger charge is 2.12. The third-order valence-electron chi connectivity index (χ3n) is 3.94. The number of hydrogen-bond donors (Lipinski definition) is 1. The van der Waals surface area contributed by atoms with Crippen LogP contribution in [0.1, 0.15) is 52.6 Å². The number of hydrogen-bond acceptors (Lipinski definition) is 2. The Morgan fingerprint density at radius 1 is 1.20 bits per heavy atom. The van der Waals surface area contributed by atoms with Crippen LogP contribution in [-0.4, -0.2) is 19.6 Å². The molecule has 2 atom stereocenters. The summed E-state index contributed by atoms with van der Waals surface area (Å²) in [6, 6.07) is 7.13. The van der Waals surface area contributed by atoms with E-state index < -0.39 is 0 Å². The van der Waals surface area contributed by atoms with Crippen molar-refractivity contribution >= 4 is 21.6 Å². The third kappa shape index (κ3) is 4.78. The smallest absolute Gasteiger partial charge is 0.0377 e. The van der Waals surface area contributed by atoms with E-state index in [1.807, 2.05) is 0 Å². The van der Waals surface area contributed by atoms with Crippen LogP contribution in [0.25, 0.3) is 0 Å². The first-order valence-electron chi connectivity index (χ1n) is 7.81. The third-order valence-corrected chi connectivity index (χ3v) is 4.62. The topological polar surface area (TPSA) is 15.3 Å². The Hall–Kier alpha value is -0.540. The molecule has 20 heavy (non-hydrogen) atoms. The van der Waals surface area contributed by atoms with Gasteiger partial charge < -0.3 is 10.2 Å². The molecule has 1 rings (SSSR count). The van der Waals surface area contributed by atoms with E-state index in [1.165, 1.54) is 22.1 Å². The van der Waals surface area contributed by atoms with E-state index in [0.29, 0.717) is 6.04 Å². The summed E-state index contributed by atoms with van der Waals surface area (Å²) in [5.41, 5.74) is 2.64. The molecule has 0 aliphatic carbocycles. The van der Waals surface area contributed by atoms with E-state index in [4.69, 9.17) is 0 Å². The van der Waals surface area contributed by atoms with Crippen molar-refractivity contribution in [1.82, 2.24) is 5.32 Å². The lowest BCUT2D eigenvalue weighted by Crippen LogP contribution is -2.28. The lowest BCUT2D eigenvalue weighted by atomic mass is 10.1. The van der Waals surface area contributed by atoms with Gasteiger partial charge in [-0.05, 0) is 44.0 Å². The minimum Gasteiger partial charge on any atom is -0.372 e. The molecule has 3 heteroatoms. The first kappa shape index (κ1) is 17.5. The minimum absolute atomic E-state index is 0.382. The van der Waals surface area contributed by atoms with Crippen molar-refractivity contribution in [2.45, 2.75) is 47.1 Å². The number of benzene rings is 1. The molecule has 0 radical (unpaired) electrons. The van der Waals surface area contributed by atoms with Crippen LogP contribution in [0.3, 0.4) is 0 Å². The number of anilines is 1. The molecule has 0 aromatic heterocycles. The Kier molecular flexibility index (Phi) is 7.60. The van der Waals surface area contributed by atoms with Gasteiger partial charge in [0.1, 0.15) is 0 Å². The highest BCUT2D eigenvalue weighted by molar-refractivity contribution is 9.10. The molecule has 0 aliphatic rings. The molecule has 1 aromatic carbocycles. The number of halogens is 1. The van der Waals surface area contributed by atoms with Gasteiger partial charge in [-0.1, -0.05) is 49.2 Å². The van der Waals surface area contributed by atoms with Crippen molar-refractivity contribution < 1.29 is 0 Å². The fourth-order valence-corrected chi connectivity index (χ4v) is 3.11. The largest absolute Gasteiger partial charge is 0.372 e. The number of rotatable bonds is 8. The molecule has 0 spiro atoms. The Morgan fingerprint density at radius 3 is 2.40 bits per heavy atom. The Balaban J connectivity index is 2.89. The fraction of sp³-hybridized carbons (Fsp3) is 0.647. The van der Waals surface area contributed by atoms with Crippen LogP contribution in [-0.2, 0) is 0 Å². The van der Waals surface area contributed by atoms with E-state index >= 15 is 0 Å². The summed E-state index contributed by atoms with van der Waals surface area (Å²) in [5, 5.41) is 3.46.